The van der Waals surface area contributed by atoms with Gasteiger partial charge in [-0.15, -0.1) is 0 Å². The molecule has 0 unspecified atom stereocenters. The van der Waals surface area contributed by atoms with Gasteiger partial charge in [-0.05, 0) is 42.0 Å². The second kappa shape index (κ2) is 7.38. The third-order valence-corrected chi connectivity index (χ3v) is 2.99. The topological polar surface area (TPSA) is 58.6 Å². The highest BCUT2D eigenvalue weighted by molar-refractivity contribution is 6.02. The summed E-state index contributed by atoms with van der Waals surface area (Å²) in [5, 5.41) is 11.9. The van der Waals surface area contributed by atoms with Gasteiger partial charge in [-0.2, -0.15) is 0 Å². The van der Waals surface area contributed by atoms with Gasteiger partial charge in [0, 0.05) is 17.3 Å². The maximum Gasteiger partial charge on any atom is 0.248 e. The third kappa shape index (κ3) is 4.17. The van der Waals surface area contributed by atoms with E-state index >= 15 is 0 Å². The van der Waals surface area contributed by atoms with Crippen molar-refractivity contribution in [1.29, 1.82) is 0 Å². The average molecular weight is 301 g/mol. The Morgan fingerprint density at radius 3 is 2.82 bits per heavy atom. The smallest absolute Gasteiger partial charge is 0.248 e. The van der Waals surface area contributed by atoms with Gasteiger partial charge in [-0.25, -0.2) is 4.39 Å². The highest BCUT2D eigenvalue weighted by atomic mass is 19.1. The van der Waals surface area contributed by atoms with E-state index in [0.29, 0.717) is 22.6 Å². The molecule has 0 aromatic heterocycles. The van der Waals surface area contributed by atoms with Crippen molar-refractivity contribution < 1.29 is 19.0 Å². The van der Waals surface area contributed by atoms with E-state index in [4.69, 9.17) is 4.74 Å². The van der Waals surface area contributed by atoms with Gasteiger partial charge in [0.05, 0.1) is 13.7 Å². The van der Waals surface area contributed by atoms with Crippen molar-refractivity contribution in [2.24, 2.45) is 0 Å². The molecule has 0 aliphatic heterocycles. The number of hydrogen-bond donors (Lipinski definition) is 2. The van der Waals surface area contributed by atoms with Crippen LogP contribution in [0, 0.1) is 5.82 Å². The maximum atomic E-state index is 13.0. The number of carbonyl (C=O) groups is 1. The molecule has 0 spiro atoms. The number of hydrogen-bond acceptors (Lipinski definition) is 3. The van der Waals surface area contributed by atoms with Crippen LogP contribution in [0.15, 0.2) is 48.5 Å². The summed E-state index contributed by atoms with van der Waals surface area (Å²) >= 11 is 0. The maximum absolute atomic E-state index is 13.0. The van der Waals surface area contributed by atoms with E-state index in [1.165, 1.54) is 31.4 Å². The lowest BCUT2D eigenvalue weighted by molar-refractivity contribution is -0.111. The second-order valence-corrected chi connectivity index (χ2v) is 4.56. The number of benzene rings is 2. The minimum Gasteiger partial charge on any atom is -0.496 e. The van der Waals surface area contributed by atoms with E-state index in [1.54, 1.807) is 30.3 Å². The molecule has 0 aliphatic rings. The molecule has 0 bridgehead atoms. The molecule has 22 heavy (non-hydrogen) atoms. The van der Waals surface area contributed by atoms with Gasteiger partial charge < -0.3 is 15.2 Å². The molecule has 5 heteroatoms. The van der Waals surface area contributed by atoms with Crippen LogP contribution in [-0.4, -0.2) is 18.1 Å². The van der Waals surface area contributed by atoms with E-state index in [2.05, 4.69) is 5.32 Å². The SMILES string of the molecule is COc1ccc(NC(=O)/C=C/c2cccc(F)c2)cc1CO. The van der Waals surface area contributed by atoms with Gasteiger partial charge in [-0.1, -0.05) is 12.1 Å². The van der Waals surface area contributed by atoms with Crippen molar-refractivity contribution in [2.45, 2.75) is 6.61 Å². The molecular formula is C17H16FNO3. The molecule has 2 rings (SSSR count). The summed E-state index contributed by atoms with van der Waals surface area (Å²) in [6.07, 6.45) is 2.84. The van der Waals surface area contributed by atoms with Crippen LogP contribution in [0.5, 0.6) is 5.75 Å². The Labute approximate surface area is 127 Å². The lowest BCUT2D eigenvalue weighted by Crippen LogP contribution is -2.08. The lowest BCUT2D eigenvalue weighted by atomic mass is 10.2. The molecule has 2 aromatic rings. The summed E-state index contributed by atoms with van der Waals surface area (Å²) < 4.78 is 18.1. The Bertz CT molecular complexity index is 698. The van der Waals surface area contributed by atoms with Crippen LogP contribution in [0.3, 0.4) is 0 Å². The fourth-order valence-corrected chi connectivity index (χ4v) is 1.95. The molecule has 0 saturated heterocycles. The summed E-state index contributed by atoms with van der Waals surface area (Å²) in [4.78, 5) is 11.8. The zero-order valence-electron chi connectivity index (χ0n) is 12.0. The molecule has 1 amide bonds. The minimum atomic E-state index is -0.356. The number of halogens is 1. The standard InChI is InChI=1S/C17H16FNO3/c1-22-16-7-6-15(10-13(16)11-20)19-17(21)8-5-12-3-2-4-14(18)9-12/h2-10,20H,11H2,1H3,(H,19,21)/b8-5+. The van der Waals surface area contributed by atoms with E-state index < -0.39 is 0 Å². The number of amides is 1. The first-order valence-corrected chi connectivity index (χ1v) is 6.65. The zero-order chi connectivity index (χ0) is 15.9. The number of rotatable bonds is 5. The molecule has 0 aliphatic carbocycles. The highest BCUT2D eigenvalue weighted by Crippen LogP contribution is 2.22. The summed E-state index contributed by atoms with van der Waals surface area (Å²) in [6, 6.07) is 10.9. The third-order valence-electron chi connectivity index (χ3n) is 2.99. The predicted octanol–water partition coefficient (Wildman–Crippen LogP) is 2.98. The summed E-state index contributed by atoms with van der Waals surface area (Å²) in [5.41, 5.74) is 1.72. The minimum absolute atomic E-state index is 0.188. The van der Waals surface area contributed by atoms with E-state index in [9.17, 15) is 14.3 Å². The number of aliphatic hydroxyl groups is 1. The summed E-state index contributed by atoms with van der Waals surface area (Å²) in [7, 11) is 1.51. The van der Waals surface area contributed by atoms with Crippen molar-refractivity contribution in [1.82, 2.24) is 0 Å². The van der Waals surface area contributed by atoms with Crippen LogP contribution < -0.4 is 10.1 Å². The highest BCUT2D eigenvalue weighted by Gasteiger charge is 2.05. The van der Waals surface area contributed by atoms with Crippen molar-refractivity contribution in [3.63, 3.8) is 0 Å². The number of anilines is 1. The van der Waals surface area contributed by atoms with Crippen molar-refractivity contribution in [3.8, 4) is 5.75 Å². The van der Waals surface area contributed by atoms with Crippen LogP contribution in [-0.2, 0) is 11.4 Å². The molecule has 0 heterocycles. The zero-order valence-corrected chi connectivity index (χ0v) is 12.0. The molecule has 2 N–H and O–H groups in total. The number of methoxy groups -OCH3 is 1. The Hall–Kier alpha value is -2.66. The van der Waals surface area contributed by atoms with Crippen LogP contribution in [0.25, 0.3) is 6.08 Å². The van der Waals surface area contributed by atoms with Gasteiger partial charge in [0.25, 0.3) is 0 Å². The molecule has 0 fully saturated rings. The number of ether oxygens (including phenoxy) is 1. The van der Waals surface area contributed by atoms with E-state index in [1.807, 2.05) is 0 Å². The van der Waals surface area contributed by atoms with Gasteiger partial charge in [0.2, 0.25) is 5.91 Å². The molecule has 2 aromatic carbocycles. The van der Waals surface area contributed by atoms with Crippen LogP contribution in [0.4, 0.5) is 10.1 Å². The number of aliphatic hydroxyl groups excluding tert-OH is 1. The fraction of sp³-hybridized carbons (Fsp3) is 0.118. The molecule has 4 nitrogen and oxygen atoms in total. The molecule has 0 saturated carbocycles. The predicted molar refractivity (Wildman–Crippen MR) is 83.0 cm³/mol. The normalized spacial score (nSPS) is 10.7. The summed E-state index contributed by atoms with van der Waals surface area (Å²) in [6.45, 7) is -0.188. The molecule has 114 valence electrons. The Morgan fingerprint density at radius 2 is 2.14 bits per heavy atom. The van der Waals surface area contributed by atoms with Crippen LogP contribution in [0.1, 0.15) is 11.1 Å². The van der Waals surface area contributed by atoms with Crippen LogP contribution in [0.2, 0.25) is 0 Å². The number of nitrogens with one attached hydrogen (secondary N) is 1. The Balaban J connectivity index is 2.06. The van der Waals surface area contributed by atoms with Crippen molar-refractivity contribution in [2.75, 3.05) is 12.4 Å². The van der Waals surface area contributed by atoms with Gasteiger partial charge in [-0.3, -0.25) is 4.79 Å². The molecule has 0 radical (unpaired) electrons. The first kappa shape index (κ1) is 15.7. The van der Waals surface area contributed by atoms with Gasteiger partial charge in [0.15, 0.2) is 0 Å². The largest absolute Gasteiger partial charge is 0.496 e. The molecule has 0 atom stereocenters. The number of carbonyl (C=O) groups excluding carboxylic acids is 1. The lowest BCUT2D eigenvalue weighted by Gasteiger charge is -2.09. The average Bonchev–Trinajstić information content (AvgIpc) is 2.53. The monoisotopic (exact) mass is 301 g/mol. The summed E-state index contributed by atoms with van der Waals surface area (Å²) in [5.74, 6) is -0.153. The van der Waals surface area contributed by atoms with Gasteiger partial charge >= 0.3 is 0 Å². The first-order chi connectivity index (χ1) is 10.6. The van der Waals surface area contributed by atoms with E-state index in [-0.39, 0.29) is 18.3 Å². The molecular weight excluding hydrogens is 285 g/mol. The second-order valence-electron chi connectivity index (χ2n) is 4.56. The van der Waals surface area contributed by atoms with Crippen molar-refractivity contribution in [3.05, 3.63) is 65.5 Å². The quantitative estimate of drug-likeness (QED) is 0.835. The van der Waals surface area contributed by atoms with E-state index in [0.717, 1.165) is 0 Å². The Kier molecular flexibility index (Phi) is 5.27. The van der Waals surface area contributed by atoms with Crippen molar-refractivity contribution >= 4 is 17.7 Å². The Morgan fingerprint density at radius 1 is 1.32 bits per heavy atom. The first-order valence-electron chi connectivity index (χ1n) is 6.65. The van der Waals surface area contributed by atoms with Crippen LogP contribution >= 0.6 is 0 Å². The fourth-order valence-electron chi connectivity index (χ4n) is 1.95. The van der Waals surface area contributed by atoms with Gasteiger partial charge in [0.1, 0.15) is 11.6 Å².